The van der Waals surface area contributed by atoms with Gasteiger partial charge in [0.25, 0.3) is 0 Å². The van der Waals surface area contributed by atoms with E-state index in [1.54, 1.807) is 16.8 Å². The Bertz CT molecular complexity index is 1030. The summed E-state index contributed by atoms with van der Waals surface area (Å²) in [5.41, 5.74) is 9.48. The van der Waals surface area contributed by atoms with Gasteiger partial charge >= 0.3 is 0 Å². The number of nitrogens with zero attached hydrogens (tertiary/aromatic N) is 5. The summed E-state index contributed by atoms with van der Waals surface area (Å²) in [4.78, 5) is 4.38. The minimum Gasteiger partial charge on any atom is -0.396 e. The Morgan fingerprint density at radius 1 is 1.21 bits per heavy atom. The van der Waals surface area contributed by atoms with E-state index in [9.17, 15) is 5.26 Å². The van der Waals surface area contributed by atoms with Gasteiger partial charge in [-0.3, -0.25) is 4.98 Å². The number of anilines is 2. The first-order valence-electron chi connectivity index (χ1n) is 7.47. The molecule has 0 aromatic carbocycles. The van der Waals surface area contributed by atoms with Crippen molar-refractivity contribution in [3.05, 3.63) is 42.2 Å². The van der Waals surface area contributed by atoms with E-state index in [1.807, 2.05) is 18.2 Å². The zero-order chi connectivity index (χ0) is 16.7. The second-order valence-electron chi connectivity index (χ2n) is 5.89. The van der Waals surface area contributed by atoms with Gasteiger partial charge in [-0.25, -0.2) is 4.52 Å². The first-order chi connectivity index (χ1) is 11.6. The molecule has 3 aromatic heterocycles. The summed E-state index contributed by atoms with van der Waals surface area (Å²) in [7, 11) is 0. The lowest BCUT2D eigenvalue weighted by molar-refractivity contribution is 0.935. The molecule has 116 valence electrons. The quantitative estimate of drug-likeness (QED) is 0.766. The molecule has 3 aromatic rings. The van der Waals surface area contributed by atoms with Crippen LogP contribution in [0.15, 0.2) is 36.7 Å². The van der Waals surface area contributed by atoms with Gasteiger partial charge in [0.15, 0.2) is 0 Å². The molecular formula is C17H13N7. The predicted octanol–water partition coefficient (Wildman–Crippen LogP) is 2.32. The topological polar surface area (TPSA) is 116 Å². The van der Waals surface area contributed by atoms with Crippen LogP contribution in [-0.2, 0) is 0 Å². The van der Waals surface area contributed by atoms with E-state index in [4.69, 9.17) is 11.0 Å². The van der Waals surface area contributed by atoms with Crippen LogP contribution in [0.3, 0.4) is 0 Å². The zero-order valence-electron chi connectivity index (χ0n) is 12.7. The van der Waals surface area contributed by atoms with Gasteiger partial charge < -0.3 is 11.1 Å². The number of hydrogen-bond acceptors (Lipinski definition) is 6. The van der Waals surface area contributed by atoms with Crippen LogP contribution < -0.4 is 11.1 Å². The van der Waals surface area contributed by atoms with E-state index in [1.165, 1.54) is 6.20 Å². The summed E-state index contributed by atoms with van der Waals surface area (Å²) in [6.07, 6.45) is 4.72. The normalized spacial score (nSPS) is 14.8. The van der Waals surface area contributed by atoms with Crippen LogP contribution in [0.25, 0.3) is 16.9 Å². The summed E-state index contributed by atoms with van der Waals surface area (Å²) in [6.45, 7) is 0. The second-order valence-corrected chi connectivity index (χ2v) is 5.89. The lowest BCUT2D eigenvalue weighted by Gasteiger charge is -2.14. The van der Waals surface area contributed by atoms with Crippen molar-refractivity contribution in [2.24, 2.45) is 0 Å². The second kappa shape index (κ2) is 4.97. The number of nitrogens with two attached hydrogens (primary N) is 1. The predicted molar refractivity (Wildman–Crippen MR) is 88.8 cm³/mol. The number of rotatable bonds is 3. The molecule has 3 N–H and O–H groups in total. The number of nitrogens with one attached hydrogen (secondary N) is 1. The van der Waals surface area contributed by atoms with E-state index in [-0.39, 0.29) is 0 Å². The fourth-order valence-corrected chi connectivity index (χ4v) is 2.62. The molecule has 1 aliphatic rings. The van der Waals surface area contributed by atoms with Gasteiger partial charge in [0.05, 0.1) is 52.3 Å². The van der Waals surface area contributed by atoms with Crippen LogP contribution in [-0.4, -0.2) is 20.1 Å². The summed E-state index contributed by atoms with van der Waals surface area (Å²) in [5.74, 6) is 0. The van der Waals surface area contributed by atoms with Gasteiger partial charge in [-0.15, -0.1) is 0 Å². The molecule has 1 saturated carbocycles. The fraction of sp³-hybridized carbons (Fsp3) is 0.176. The SMILES string of the molecule is N#Cc1cnn2c(-c3cc(NC4(C#N)CC4)c(N)cn3)ccc2c1. The van der Waals surface area contributed by atoms with Crippen LogP contribution in [0, 0.1) is 22.7 Å². The van der Waals surface area contributed by atoms with E-state index in [0.29, 0.717) is 22.6 Å². The fourth-order valence-electron chi connectivity index (χ4n) is 2.62. The van der Waals surface area contributed by atoms with Gasteiger partial charge in [-0.1, -0.05) is 0 Å². The highest BCUT2D eigenvalue weighted by molar-refractivity contribution is 5.75. The number of nitrogen functional groups attached to an aromatic ring is 1. The molecule has 24 heavy (non-hydrogen) atoms. The summed E-state index contributed by atoms with van der Waals surface area (Å²) < 4.78 is 1.72. The first-order valence-corrected chi connectivity index (χ1v) is 7.47. The largest absolute Gasteiger partial charge is 0.396 e. The lowest BCUT2D eigenvalue weighted by Crippen LogP contribution is -2.19. The van der Waals surface area contributed by atoms with Crippen molar-refractivity contribution >= 4 is 16.9 Å². The Labute approximate surface area is 138 Å². The van der Waals surface area contributed by atoms with E-state index in [2.05, 4.69) is 27.5 Å². The van der Waals surface area contributed by atoms with Gasteiger partial charge in [-0.05, 0) is 37.1 Å². The molecule has 1 aliphatic carbocycles. The van der Waals surface area contributed by atoms with Crippen LogP contribution in [0.1, 0.15) is 18.4 Å². The third-order valence-corrected chi connectivity index (χ3v) is 4.16. The van der Waals surface area contributed by atoms with Crippen molar-refractivity contribution in [1.82, 2.24) is 14.6 Å². The summed E-state index contributed by atoms with van der Waals surface area (Å²) >= 11 is 0. The molecule has 3 heterocycles. The number of nitriles is 2. The molecule has 1 fully saturated rings. The van der Waals surface area contributed by atoms with Gasteiger partial charge in [-0.2, -0.15) is 15.6 Å². The molecule has 0 radical (unpaired) electrons. The average molecular weight is 315 g/mol. The van der Waals surface area contributed by atoms with Crippen LogP contribution in [0.5, 0.6) is 0 Å². The molecule has 7 heteroatoms. The van der Waals surface area contributed by atoms with E-state index in [0.717, 1.165) is 24.1 Å². The Morgan fingerprint density at radius 3 is 2.75 bits per heavy atom. The Morgan fingerprint density at radius 2 is 2.04 bits per heavy atom. The van der Waals surface area contributed by atoms with Gasteiger partial charge in [0.1, 0.15) is 11.6 Å². The molecule has 0 spiro atoms. The van der Waals surface area contributed by atoms with Crippen LogP contribution >= 0.6 is 0 Å². The Kier molecular flexibility index (Phi) is 2.91. The molecular weight excluding hydrogens is 302 g/mol. The smallest absolute Gasteiger partial charge is 0.125 e. The maximum atomic E-state index is 9.24. The zero-order valence-corrected chi connectivity index (χ0v) is 12.7. The number of pyridine rings is 1. The first kappa shape index (κ1) is 14.0. The monoisotopic (exact) mass is 315 g/mol. The standard InChI is InChI=1S/C17H13N7/c18-7-11-5-12-1-2-16(24(12)22-8-11)15-6-14(13(20)9-21-15)23-17(10-19)3-4-17/h1-2,5-6,8-9H,3-4,20H2,(H,21,23). The molecule has 0 bridgehead atoms. The third-order valence-electron chi connectivity index (χ3n) is 4.16. The van der Waals surface area contributed by atoms with Crippen LogP contribution in [0.2, 0.25) is 0 Å². The highest BCUT2D eigenvalue weighted by Crippen LogP contribution is 2.40. The molecule has 0 atom stereocenters. The van der Waals surface area contributed by atoms with E-state index >= 15 is 0 Å². The van der Waals surface area contributed by atoms with Crippen molar-refractivity contribution in [3.63, 3.8) is 0 Å². The highest BCUT2D eigenvalue weighted by atomic mass is 15.2. The lowest BCUT2D eigenvalue weighted by atomic mass is 10.2. The maximum absolute atomic E-state index is 9.24. The van der Waals surface area contributed by atoms with Crippen LogP contribution in [0.4, 0.5) is 11.4 Å². The van der Waals surface area contributed by atoms with Crippen molar-refractivity contribution in [2.75, 3.05) is 11.1 Å². The van der Waals surface area contributed by atoms with Crippen molar-refractivity contribution in [1.29, 1.82) is 10.5 Å². The number of hydrogen-bond donors (Lipinski definition) is 2. The Balaban J connectivity index is 1.77. The molecule has 0 amide bonds. The highest BCUT2D eigenvalue weighted by Gasteiger charge is 2.43. The minimum atomic E-state index is -0.506. The summed E-state index contributed by atoms with van der Waals surface area (Å²) in [5, 5.41) is 25.7. The van der Waals surface area contributed by atoms with Crippen molar-refractivity contribution in [3.8, 4) is 23.5 Å². The maximum Gasteiger partial charge on any atom is 0.125 e. The van der Waals surface area contributed by atoms with E-state index < -0.39 is 5.54 Å². The molecule has 4 rings (SSSR count). The van der Waals surface area contributed by atoms with Gasteiger partial charge in [0, 0.05) is 0 Å². The van der Waals surface area contributed by atoms with Crippen molar-refractivity contribution in [2.45, 2.75) is 18.4 Å². The molecule has 7 nitrogen and oxygen atoms in total. The van der Waals surface area contributed by atoms with Crippen molar-refractivity contribution < 1.29 is 0 Å². The Hall–Kier alpha value is -3.58. The third kappa shape index (κ3) is 2.20. The summed E-state index contributed by atoms with van der Waals surface area (Å²) in [6, 6.07) is 11.7. The molecule has 0 saturated heterocycles. The average Bonchev–Trinajstić information content (AvgIpc) is 3.26. The number of aromatic nitrogens is 3. The number of fused-ring (bicyclic) bond motifs is 1. The molecule has 0 aliphatic heterocycles. The molecule has 0 unspecified atom stereocenters. The van der Waals surface area contributed by atoms with Gasteiger partial charge in [0.2, 0.25) is 0 Å². The minimum absolute atomic E-state index is 0.501.